The van der Waals surface area contributed by atoms with Crippen molar-refractivity contribution < 1.29 is 8.42 Å². The monoisotopic (exact) mass is 286 g/mol. The molecular formula is C12H22N4O2S. The average molecular weight is 286 g/mol. The van der Waals surface area contributed by atoms with Gasteiger partial charge in [-0.1, -0.05) is 0 Å². The maximum Gasteiger partial charge on any atom is 0.259 e. The van der Waals surface area contributed by atoms with Crippen LogP contribution in [0.2, 0.25) is 0 Å². The lowest BCUT2D eigenvalue weighted by Gasteiger charge is -2.26. The van der Waals surface area contributed by atoms with Crippen molar-refractivity contribution in [3.63, 3.8) is 0 Å². The number of aromatic nitrogens is 2. The third kappa shape index (κ3) is 3.34. The fraction of sp³-hybridized carbons (Fsp3) is 0.750. The normalized spacial score (nSPS) is 24.6. The standard InChI is InChI=1S/C12H22N4O2S/c1-3-16-8-12(14-9(16)2)19(17,18)15-11-6-4-10(13)5-7-11/h8,10-11,15H,3-7,13H2,1-2H3. The number of nitrogens with two attached hydrogens (primary N) is 1. The van der Waals surface area contributed by atoms with Crippen LogP contribution in [-0.2, 0) is 16.6 Å². The van der Waals surface area contributed by atoms with E-state index >= 15 is 0 Å². The van der Waals surface area contributed by atoms with Gasteiger partial charge in [0.05, 0.1) is 0 Å². The number of sulfonamides is 1. The molecule has 108 valence electrons. The second kappa shape index (κ2) is 5.60. The lowest BCUT2D eigenvalue weighted by molar-refractivity contribution is 0.373. The number of aryl methyl sites for hydroxylation is 2. The summed E-state index contributed by atoms with van der Waals surface area (Å²) in [5.41, 5.74) is 5.82. The molecule has 0 saturated heterocycles. The zero-order valence-electron chi connectivity index (χ0n) is 11.5. The van der Waals surface area contributed by atoms with Crippen LogP contribution in [0.3, 0.4) is 0 Å². The minimum Gasteiger partial charge on any atom is -0.334 e. The first kappa shape index (κ1) is 14.5. The highest BCUT2D eigenvalue weighted by Gasteiger charge is 2.26. The quantitative estimate of drug-likeness (QED) is 0.855. The van der Waals surface area contributed by atoms with Crippen LogP contribution in [0.5, 0.6) is 0 Å². The van der Waals surface area contributed by atoms with Gasteiger partial charge < -0.3 is 10.3 Å². The Bertz CT molecular complexity index is 530. The highest BCUT2D eigenvalue weighted by atomic mass is 32.2. The van der Waals surface area contributed by atoms with E-state index in [9.17, 15) is 8.42 Å². The van der Waals surface area contributed by atoms with Crippen molar-refractivity contribution in [3.05, 3.63) is 12.0 Å². The Hall–Kier alpha value is -0.920. The number of nitrogens with zero attached hydrogens (tertiary/aromatic N) is 2. The van der Waals surface area contributed by atoms with E-state index in [2.05, 4.69) is 9.71 Å². The predicted octanol–water partition coefficient (Wildman–Crippen LogP) is 0.760. The first-order valence-corrected chi connectivity index (χ1v) is 8.22. The third-order valence-corrected chi connectivity index (χ3v) is 5.05. The molecule has 0 amide bonds. The fourth-order valence-corrected chi connectivity index (χ4v) is 3.76. The zero-order valence-corrected chi connectivity index (χ0v) is 12.3. The highest BCUT2D eigenvalue weighted by Crippen LogP contribution is 2.19. The number of imidazole rings is 1. The van der Waals surface area contributed by atoms with E-state index in [0.717, 1.165) is 25.7 Å². The van der Waals surface area contributed by atoms with Gasteiger partial charge in [0.25, 0.3) is 10.0 Å². The first-order chi connectivity index (χ1) is 8.92. The highest BCUT2D eigenvalue weighted by molar-refractivity contribution is 7.89. The second-order valence-electron chi connectivity index (χ2n) is 5.15. The topological polar surface area (TPSA) is 90.0 Å². The molecule has 0 radical (unpaired) electrons. The molecule has 19 heavy (non-hydrogen) atoms. The van der Waals surface area contributed by atoms with Gasteiger partial charge in [-0.2, -0.15) is 0 Å². The van der Waals surface area contributed by atoms with E-state index in [4.69, 9.17) is 5.73 Å². The van der Waals surface area contributed by atoms with E-state index in [1.165, 1.54) is 0 Å². The van der Waals surface area contributed by atoms with Crippen molar-refractivity contribution in [2.24, 2.45) is 5.73 Å². The molecule has 0 bridgehead atoms. The largest absolute Gasteiger partial charge is 0.334 e. The Kier molecular flexibility index (Phi) is 4.27. The van der Waals surface area contributed by atoms with E-state index in [1.54, 1.807) is 6.20 Å². The fourth-order valence-electron chi connectivity index (χ4n) is 2.45. The van der Waals surface area contributed by atoms with Gasteiger partial charge in [0.1, 0.15) is 5.82 Å². The Morgan fingerprint density at radius 2 is 2.05 bits per heavy atom. The van der Waals surface area contributed by atoms with Crippen LogP contribution in [0.1, 0.15) is 38.4 Å². The number of hydrogen-bond acceptors (Lipinski definition) is 4. The number of rotatable bonds is 4. The maximum atomic E-state index is 12.2. The molecule has 6 nitrogen and oxygen atoms in total. The van der Waals surface area contributed by atoms with Crippen molar-refractivity contribution in [2.75, 3.05) is 0 Å². The van der Waals surface area contributed by atoms with Gasteiger partial charge in [0.15, 0.2) is 5.03 Å². The van der Waals surface area contributed by atoms with E-state index in [-0.39, 0.29) is 17.1 Å². The van der Waals surface area contributed by atoms with Crippen molar-refractivity contribution in [3.8, 4) is 0 Å². The molecule has 0 aromatic carbocycles. The Balaban J connectivity index is 2.09. The molecule has 1 aliphatic rings. The Morgan fingerprint density at radius 1 is 1.42 bits per heavy atom. The van der Waals surface area contributed by atoms with Crippen molar-refractivity contribution in [2.45, 2.75) is 63.2 Å². The first-order valence-electron chi connectivity index (χ1n) is 6.74. The van der Waals surface area contributed by atoms with Gasteiger partial charge in [-0.15, -0.1) is 0 Å². The van der Waals surface area contributed by atoms with E-state index in [1.807, 2.05) is 18.4 Å². The predicted molar refractivity (Wildman–Crippen MR) is 73.2 cm³/mol. The molecule has 1 aromatic heterocycles. The molecule has 1 saturated carbocycles. The van der Waals surface area contributed by atoms with Crippen LogP contribution < -0.4 is 10.5 Å². The Morgan fingerprint density at radius 3 is 2.58 bits per heavy atom. The second-order valence-corrected chi connectivity index (χ2v) is 6.81. The molecule has 1 aliphatic carbocycles. The van der Waals surface area contributed by atoms with Gasteiger partial charge in [-0.3, -0.25) is 0 Å². The summed E-state index contributed by atoms with van der Waals surface area (Å²) in [5, 5.41) is 0.113. The van der Waals surface area contributed by atoms with Crippen molar-refractivity contribution >= 4 is 10.0 Å². The van der Waals surface area contributed by atoms with Crippen LogP contribution in [-0.4, -0.2) is 30.1 Å². The van der Waals surface area contributed by atoms with Gasteiger partial charge >= 0.3 is 0 Å². The molecule has 0 atom stereocenters. The molecular weight excluding hydrogens is 264 g/mol. The smallest absolute Gasteiger partial charge is 0.259 e. The van der Waals surface area contributed by atoms with Crippen LogP contribution in [0.25, 0.3) is 0 Å². The zero-order chi connectivity index (χ0) is 14.0. The van der Waals surface area contributed by atoms with Crippen molar-refractivity contribution in [1.29, 1.82) is 0 Å². The lowest BCUT2D eigenvalue weighted by atomic mass is 9.93. The molecule has 7 heteroatoms. The van der Waals surface area contributed by atoms with Gasteiger partial charge in [-0.25, -0.2) is 18.1 Å². The summed E-state index contributed by atoms with van der Waals surface area (Å²) in [5.74, 6) is 0.716. The molecule has 0 spiro atoms. The average Bonchev–Trinajstić information content (AvgIpc) is 2.74. The molecule has 2 rings (SSSR count). The molecule has 1 fully saturated rings. The van der Waals surface area contributed by atoms with Gasteiger partial charge in [-0.05, 0) is 39.5 Å². The third-order valence-electron chi connectivity index (χ3n) is 3.66. The summed E-state index contributed by atoms with van der Waals surface area (Å²) in [6.07, 6.45) is 4.93. The summed E-state index contributed by atoms with van der Waals surface area (Å²) in [6.45, 7) is 4.48. The molecule has 0 unspecified atom stereocenters. The van der Waals surface area contributed by atoms with E-state index < -0.39 is 10.0 Å². The van der Waals surface area contributed by atoms with Crippen molar-refractivity contribution in [1.82, 2.24) is 14.3 Å². The summed E-state index contributed by atoms with van der Waals surface area (Å²) in [6, 6.07) is 0.194. The summed E-state index contributed by atoms with van der Waals surface area (Å²) in [7, 11) is -3.51. The van der Waals surface area contributed by atoms with Gasteiger partial charge in [0.2, 0.25) is 0 Å². The molecule has 3 N–H and O–H groups in total. The summed E-state index contributed by atoms with van der Waals surface area (Å²) < 4.78 is 29.1. The minimum absolute atomic E-state index is 0.0168. The number of hydrogen-bond donors (Lipinski definition) is 2. The Labute approximate surface area is 114 Å². The number of nitrogens with one attached hydrogen (secondary N) is 1. The maximum absolute atomic E-state index is 12.2. The van der Waals surface area contributed by atoms with Crippen LogP contribution in [0, 0.1) is 6.92 Å². The lowest BCUT2D eigenvalue weighted by Crippen LogP contribution is -2.40. The SMILES string of the molecule is CCn1cc(S(=O)(=O)NC2CCC(N)CC2)nc1C. The summed E-state index contributed by atoms with van der Waals surface area (Å²) in [4.78, 5) is 4.12. The molecule has 1 heterocycles. The van der Waals surface area contributed by atoms with Crippen LogP contribution >= 0.6 is 0 Å². The van der Waals surface area contributed by atoms with Gasteiger partial charge in [0, 0.05) is 24.8 Å². The minimum atomic E-state index is -3.51. The molecule has 1 aromatic rings. The van der Waals surface area contributed by atoms with E-state index in [0.29, 0.717) is 12.4 Å². The van der Waals surface area contributed by atoms with Crippen LogP contribution in [0.15, 0.2) is 11.2 Å². The summed E-state index contributed by atoms with van der Waals surface area (Å²) >= 11 is 0. The molecule has 0 aliphatic heterocycles. The van der Waals surface area contributed by atoms with Crippen LogP contribution in [0.4, 0.5) is 0 Å².